The van der Waals surface area contributed by atoms with E-state index in [4.69, 9.17) is 9.84 Å². The molecular weight excluding hydrogens is 240 g/mol. The molecular formula is C16H16O3. The first kappa shape index (κ1) is 13.1. The lowest BCUT2D eigenvalue weighted by Gasteiger charge is -2.11. The van der Waals surface area contributed by atoms with Crippen LogP contribution in [0.4, 0.5) is 0 Å². The van der Waals surface area contributed by atoms with E-state index < -0.39 is 5.97 Å². The molecule has 0 saturated heterocycles. The second-order valence-electron chi connectivity index (χ2n) is 4.19. The van der Waals surface area contributed by atoms with Crippen molar-refractivity contribution in [2.75, 3.05) is 6.61 Å². The molecule has 0 aliphatic heterocycles. The molecule has 3 nitrogen and oxygen atoms in total. The second-order valence-corrected chi connectivity index (χ2v) is 4.19. The molecule has 0 bridgehead atoms. The molecule has 98 valence electrons. The SMILES string of the molecule is CCOc1cc(-c2ccccc2)ccc1CC(=O)O. The number of carboxylic acid groups (broad SMARTS) is 1. The van der Waals surface area contributed by atoms with Crippen LogP contribution in [0.2, 0.25) is 0 Å². The minimum atomic E-state index is -0.853. The van der Waals surface area contributed by atoms with E-state index in [1.54, 1.807) is 0 Å². The third-order valence-electron chi connectivity index (χ3n) is 2.82. The monoisotopic (exact) mass is 256 g/mol. The Morgan fingerprint density at radius 3 is 2.47 bits per heavy atom. The lowest BCUT2D eigenvalue weighted by atomic mass is 10.0. The van der Waals surface area contributed by atoms with Gasteiger partial charge in [0.25, 0.3) is 0 Å². The van der Waals surface area contributed by atoms with Crippen LogP contribution in [0, 0.1) is 0 Å². The molecule has 0 aromatic heterocycles. The molecule has 0 unspecified atom stereocenters. The minimum Gasteiger partial charge on any atom is -0.494 e. The Labute approximate surface area is 112 Å². The number of rotatable bonds is 5. The summed E-state index contributed by atoms with van der Waals surface area (Å²) < 4.78 is 5.54. The van der Waals surface area contributed by atoms with Gasteiger partial charge >= 0.3 is 5.97 Å². The van der Waals surface area contributed by atoms with Gasteiger partial charge in [-0.15, -0.1) is 0 Å². The maximum atomic E-state index is 10.8. The van der Waals surface area contributed by atoms with Crippen LogP contribution in [0.1, 0.15) is 12.5 Å². The van der Waals surface area contributed by atoms with E-state index in [0.717, 1.165) is 11.1 Å². The summed E-state index contributed by atoms with van der Waals surface area (Å²) in [5.41, 5.74) is 2.82. The summed E-state index contributed by atoms with van der Waals surface area (Å²) in [6, 6.07) is 15.6. The average Bonchev–Trinajstić information content (AvgIpc) is 2.41. The fraction of sp³-hybridized carbons (Fsp3) is 0.188. The van der Waals surface area contributed by atoms with Gasteiger partial charge in [-0.25, -0.2) is 0 Å². The molecule has 0 fully saturated rings. The summed E-state index contributed by atoms with van der Waals surface area (Å²) in [4.78, 5) is 10.8. The number of benzene rings is 2. The van der Waals surface area contributed by atoms with Gasteiger partial charge in [-0.2, -0.15) is 0 Å². The van der Waals surface area contributed by atoms with E-state index in [-0.39, 0.29) is 6.42 Å². The van der Waals surface area contributed by atoms with Crippen molar-refractivity contribution in [1.29, 1.82) is 0 Å². The summed E-state index contributed by atoms with van der Waals surface area (Å²) in [5.74, 6) is -0.209. The maximum absolute atomic E-state index is 10.8. The van der Waals surface area contributed by atoms with Crippen molar-refractivity contribution in [3.05, 3.63) is 54.1 Å². The molecule has 19 heavy (non-hydrogen) atoms. The van der Waals surface area contributed by atoms with Crippen molar-refractivity contribution in [3.8, 4) is 16.9 Å². The highest BCUT2D eigenvalue weighted by Gasteiger charge is 2.09. The highest BCUT2D eigenvalue weighted by Crippen LogP contribution is 2.27. The molecule has 0 aliphatic carbocycles. The zero-order chi connectivity index (χ0) is 13.7. The third-order valence-corrected chi connectivity index (χ3v) is 2.82. The second kappa shape index (κ2) is 6.05. The van der Waals surface area contributed by atoms with Gasteiger partial charge in [-0.3, -0.25) is 4.79 Å². The van der Waals surface area contributed by atoms with Crippen LogP contribution in [0.15, 0.2) is 48.5 Å². The van der Waals surface area contributed by atoms with Gasteiger partial charge < -0.3 is 9.84 Å². The van der Waals surface area contributed by atoms with Crippen LogP contribution in [0.3, 0.4) is 0 Å². The Morgan fingerprint density at radius 1 is 1.11 bits per heavy atom. The van der Waals surface area contributed by atoms with Crippen molar-refractivity contribution < 1.29 is 14.6 Å². The van der Waals surface area contributed by atoms with Crippen molar-refractivity contribution in [1.82, 2.24) is 0 Å². The van der Waals surface area contributed by atoms with Gasteiger partial charge in [0, 0.05) is 5.56 Å². The van der Waals surface area contributed by atoms with Crippen LogP contribution < -0.4 is 4.74 Å². The molecule has 0 radical (unpaired) electrons. The zero-order valence-electron chi connectivity index (χ0n) is 10.8. The topological polar surface area (TPSA) is 46.5 Å². The summed E-state index contributed by atoms with van der Waals surface area (Å²) in [5, 5.41) is 8.89. The predicted octanol–water partition coefficient (Wildman–Crippen LogP) is 3.38. The van der Waals surface area contributed by atoms with Crippen LogP contribution in [0.5, 0.6) is 5.75 Å². The van der Waals surface area contributed by atoms with E-state index in [1.165, 1.54) is 0 Å². The Bertz CT molecular complexity index is 561. The quantitative estimate of drug-likeness (QED) is 0.892. The first-order valence-electron chi connectivity index (χ1n) is 6.23. The van der Waals surface area contributed by atoms with Crippen molar-refractivity contribution >= 4 is 5.97 Å². The molecule has 0 aliphatic rings. The molecule has 2 aromatic rings. The number of carboxylic acids is 1. The van der Waals surface area contributed by atoms with E-state index in [1.807, 2.05) is 55.5 Å². The molecule has 2 rings (SSSR count). The van der Waals surface area contributed by atoms with Gasteiger partial charge in [0.2, 0.25) is 0 Å². The first-order valence-corrected chi connectivity index (χ1v) is 6.23. The lowest BCUT2D eigenvalue weighted by Crippen LogP contribution is -2.04. The van der Waals surface area contributed by atoms with Crippen LogP contribution in [0.25, 0.3) is 11.1 Å². The number of ether oxygens (including phenoxy) is 1. The Morgan fingerprint density at radius 2 is 1.84 bits per heavy atom. The van der Waals surface area contributed by atoms with Crippen molar-refractivity contribution in [3.63, 3.8) is 0 Å². The number of aliphatic carboxylic acids is 1. The maximum Gasteiger partial charge on any atom is 0.307 e. The largest absolute Gasteiger partial charge is 0.494 e. The first-order chi connectivity index (χ1) is 9.20. The minimum absolute atomic E-state index is 0.0234. The highest BCUT2D eigenvalue weighted by atomic mass is 16.5. The van der Waals surface area contributed by atoms with E-state index in [9.17, 15) is 4.79 Å². The summed E-state index contributed by atoms with van der Waals surface area (Å²) in [6.45, 7) is 2.41. The molecule has 0 saturated carbocycles. The molecule has 1 N–H and O–H groups in total. The van der Waals surface area contributed by atoms with E-state index in [0.29, 0.717) is 17.9 Å². The van der Waals surface area contributed by atoms with E-state index >= 15 is 0 Å². The van der Waals surface area contributed by atoms with Crippen molar-refractivity contribution in [2.24, 2.45) is 0 Å². The van der Waals surface area contributed by atoms with Gasteiger partial charge in [-0.1, -0.05) is 42.5 Å². The number of hydrogen-bond acceptors (Lipinski definition) is 2. The molecule has 0 heterocycles. The number of carbonyl (C=O) groups is 1. The summed E-state index contributed by atoms with van der Waals surface area (Å²) in [7, 11) is 0. The fourth-order valence-electron chi connectivity index (χ4n) is 1.96. The molecule has 0 amide bonds. The predicted molar refractivity (Wildman–Crippen MR) is 74.4 cm³/mol. The Balaban J connectivity index is 2.38. The van der Waals surface area contributed by atoms with Crippen LogP contribution in [-0.2, 0) is 11.2 Å². The van der Waals surface area contributed by atoms with Gasteiger partial charge in [0.15, 0.2) is 0 Å². The Kier molecular flexibility index (Phi) is 4.18. The smallest absolute Gasteiger partial charge is 0.307 e. The van der Waals surface area contributed by atoms with Crippen molar-refractivity contribution in [2.45, 2.75) is 13.3 Å². The molecule has 2 aromatic carbocycles. The van der Waals surface area contributed by atoms with Gasteiger partial charge in [0.1, 0.15) is 5.75 Å². The summed E-state index contributed by atoms with van der Waals surface area (Å²) >= 11 is 0. The van der Waals surface area contributed by atoms with Crippen LogP contribution in [-0.4, -0.2) is 17.7 Å². The fourth-order valence-corrected chi connectivity index (χ4v) is 1.96. The van der Waals surface area contributed by atoms with Crippen LogP contribution >= 0.6 is 0 Å². The normalized spacial score (nSPS) is 10.2. The zero-order valence-corrected chi connectivity index (χ0v) is 10.8. The standard InChI is InChI=1S/C16H16O3/c1-2-19-15-10-13(12-6-4-3-5-7-12)8-9-14(15)11-16(17)18/h3-10H,2,11H2,1H3,(H,17,18). The third kappa shape index (κ3) is 3.35. The number of hydrogen-bond donors (Lipinski definition) is 1. The van der Waals surface area contributed by atoms with E-state index in [2.05, 4.69) is 0 Å². The molecule has 0 atom stereocenters. The van der Waals surface area contributed by atoms with Gasteiger partial charge in [-0.05, 0) is 24.1 Å². The average molecular weight is 256 g/mol. The van der Waals surface area contributed by atoms with Gasteiger partial charge in [0.05, 0.1) is 13.0 Å². The Hall–Kier alpha value is -2.29. The molecule has 3 heteroatoms. The summed E-state index contributed by atoms with van der Waals surface area (Å²) in [6.07, 6.45) is -0.0234. The lowest BCUT2D eigenvalue weighted by molar-refractivity contribution is -0.136. The molecule has 0 spiro atoms. The highest BCUT2D eigenvalue weighted by molar-refractivity contribution is 5.73.